The van der Waals surface area contributed by atoms with Gasteiger partial charge >= 0.3 is 0 Å². The van der Waals surface area contributed by atoms with Crippen LogP contribution < -0.4 is 5.73 Å². The van der Waals surface area contributed by atoms with Crippen LogP contribution in [0.3, 0.4) is 0 Å². The first-order valence-corrected chi connectivity index (χ1v) is 5.19. The first-order chi connectivity index (χ1) is 7.69. The monoisotopic (exact) mass is 278 g/mol. The van der Waals surface area contributed by atoms with Crippen molar-refractivity contribution >= 4 is 21.9 Å². The molecule has 0 saturated carbocycles. The third-order valence-corrected chi connectivity index (χ3v) is 2.50. The molecule has 2 N–H and O–H groups in total. The lowest BCUT2D eigenvalue weighted by Crippen LogP contribution is -2.03. The van der Waals surface area contributed by atoms with Crippen molar-refractivity contribution in [2.75, 3.05) is 5.73 Å². The fourth-order valence-corrected chi connectivity index (χ4v) is 1.63. The molecule has 0 aromatic carbocycles. The molecule has 0 atom stereocenters. The molecule has 6 nitrogen and oxygen atoms in total. The van der Waals surface area contributed by atoms with Crippen molar-refractivity contribution in [2.45, 2.75) is 6.54 Å². The number of halogens is 1. The average molecular weight is 279 g/mol. The number of nitrogen functional groups attached to an aromatic ring is 1. The fraction of sp³-hybridized carbons (Fsp3) is 0.111. The molecule has 2 aromatic heterocycles. The van der Waals surface area contributed by atoms with Gasteiger partial charge in [0.05, 0.1) is 6.54 Å². The minimum absolute atomic E-state index is 0.210. The highest BCUT2D eigenvalue weighted by molar-refractivity contribution is 9.10. The van der Waals surface area contributed by atoms with E-state index in [2.05, 4.69) is 31.0 Å². The van der Waals surface area contributed by atoms with Gasteiger partial charge in [-0.1, -0.05) is 0 Å². The second-order valence-corrected chi connectivity index (χ2v) is 3.77. The largest absolute Gasteiger partial charge is 0.366 e. The van der Waals surface area contributed by atoms with Gasteiger partial charge in [0.15, 0.2) is 4.73 Å². The Bertz CT molecular complexity index is 555. The highest BCUT2D eigenvalue weighted by Gasteiger charge is 2.05. The average Bonchev–Trinajstić information content (AvgIpc) is 2.58. The molecule has 2 heterocycles. The number of anilines is 1. The Morgan fingerprint density at radius 3 is 3.00 bits per heavy atom. The second-order valence-electron chi connectivity index (χ2n) is 3.06. The quantitative estimate of drug-likeness (QED) is 0.882. The Morgan fingerprint density at radius 2 is 2.38 bits per heavy atom. The van der Waals surface area contributed by atoms with Gasteiger partial charge in [-0.15, -0.1) is 5.10 Å². The van der Waals surface area contributed by atoms with Gasteiger partial charge in [-0.05, 0) is 33.6 Å². The molecule has 0 amide bonds. The topological polar surface area (TPSA) is 93.4 Å². The lowest BCUT2D eigenvalue weighted by Gasteiger charge is -2.01. The van der Waals surface area contributed by atoms with Gasteiger partial charge in [-0.25, -0.2) is 9.67 Å². The normalized spacial score (nSPS) is 10.0. The molecular weight excluding hydrogens is 272 g/mol. The molecule has 0 unspecified atom stereocenters. The maximum atomic E-state index is 8.71. The number of nitrogens with two attached hydrogens (primary N) is 1. The van der Waals surface area contributed by atoms with Crippen molar-refractivity contribution in [2.24, 2.45) is 0 Å². The summed E-state index contributed by atoms with van der Waals surface area (Å²) >= 11 is 3.24. The van der Waals surface area contributed by atoms with Crippen LogP contribution in [0.5, 0.6) is 0 Å². The van der Waals surface area contributed by atoms with Gasteiger partial charge in [-0.3, -0.25) is 0 Å². The lowest BCUT2D eigenvalue weighted by molar-refractivity contribution is 0.669. The number of hydrogen-bond acceptors (Lipinski definition) is 5. The number of aromatic nitrogens is 4. The van der Waals surface area contributed by atoms with Gasteiger partial charge < -0.3 is 5.73 Å². The second kappa shape index (κ2) is 4.28. The molecule has 2 rings (SSSR count). The SMILES string of the molecule is N#Cc1cc(Cn2nc(N)nc2Br)ccn1. The highest BCUT2D eigenvalue weighted by atomic mass is 79.9. The molecule has 0 fully saturated rings. The zero-order valence-electron chi connectivity index (χ0n) is 8.13. The molecule has 0 bridgehead atoms. The lowest BCUT2D eigenvalue weighted by atomic mass is 10.2. The molecule has 0 spiro atoms. The van der Waals surface area contributed by atoms with E-state index in [1.54, 1.807) is 16.9 Å². The van der Waals surface area contributed by atoms with Crippen LogP contribution in [0.1, 0.15) is 11.3 Å². The number of hydrogen-bond donors (Lipinski definition) is 1. The molecule has 0 aliphatic carbocycles. The van der Waals surface area contributed by atoms with Gasteiger partial charge in [0.25, 0.3) is 0 Å². The van der Waals surface area contributed by atoms with Crippen LogP contribution in [0.15, 0.2) is 23.1 Å². The van der Waals surface area contributed by atoms with Crippen LogP contribution in [0.25, 0.3) is 0 Å². The maximum absolute atomic E-state index is 8.71. The van der Waals surface area contributed by atoms with Crippen molar-refractivity contribution < 1.29 is 0 Å². The zero-order chi connectivity index (χ0) is 11.5. The molecule has 0 aliphatic heterocycles. The van der Waals surface area contributed by atoms with E-state index in [1.165, 1.54) is 0 Å². The van der Waals surface area contributed by atoms with Crippen LogP contribution in [-0.4, -0.2) is 19.7 Å². The van der Waals surface area contributed by atoms with Crippen LogP contribution in [0, 0.1) is 11.3 Å². The van der Waals surface area contributed by atoms with E-state index < -0.39 is 0 Å². The van der Waals surface area contributed by atoms with E-state index in [0.29, 0.717) is 17.0 Å². The summed E-state index contributed by atoms with van der Waals surface area (Å²) in [5, 5.41) is 12.7. The Balaban J connectivity index is 2.27. The Labute approximate surface area is 99.9 Å². The summed E-state index contributed by atoms with van der Waals surface area (Å²) in [5.41, 5.74) is 6.74. The minimum atomic E-state index is 0.210. The molecule has 0 saturated heterocycles. The van der Waals surface area contributed by atoms with Crippen molar-refractivity contribution in [1.82, 2.24) is 19.7 Å². The summed E-state index contributed by atoms with van der Waals surface area (Å²) in [7, 11) is 0. The van der Waals surface area contributed by atoms with Crippen molar-refractivity contribution in [1.29, 1.82) is 5.26 Å². The maximum Gasteiger partial charge on any atom is 0.240 e. The zero-order valence-corrected chi connectivity index (χ0v) is 9.72. The Morgan fingerprint density at radius 1 is 1.56 bits per heavy atom. The van der Waals surface area contributed by atoms with Gasteiger partial charge in [0.1, 0.15) is 11.8 Å². The van der Waals surface area contributed by atoms with E-state index in [9.17, 15) is 0 Å². The predicted molar refractivity (Wildman–Crippen MR) is 60.2 cm³/mol. The van der Waals surface area contributed by atoms with Crippen LogP contribution in [0.4, 0.5) is 5.95 Å². The first-order valence-electron chi connectivity index (χ1n) is 4.40. The van der Waals surface area contributed by atoms with E-state index in [0.717, 1.165) is 5.56 Å². The summed E-state index contributed by atoms with van der Waals surface area (Å²) in [6.07, 6.45) is 1.59. The summed E-state index contributed by atoms with van der Waals surface area (Å²) in [4.78, 5) is 7.80. The van der Waals surface area contributed by atoms with E-state index >= 15 is 0 Å². The van der Waals surface area contributed by atoms with Gasteiger partial charge in [-0.2, -0.15) is 10.2 Å². The standard InChI is InChI=1S/C9H7BrN6/c10-8-14-9(12)15-16(8)5-6-1-2-13-7(3-6)4-11/h1-3H,5H2,(H2,12,15). The van der Waals surface area contributed by atoms with E-state index in [-0.39, 0.29) is 5.95 Å². The molecule has 80 valence electrons. The summed E-state index contributed by atoms with van der Waals surface area (Å²) in [5.74, 6) is 0.210. The number of rotatable bonds is 2. The van der Waals surface area contributed by atoms with Crippen molar-refractivity contribution in [3.05, 3.63) is 34.3 Å². The molecular formula is C9H7BrN6. The fourth-order valence-electron chi connectivity index (χ4n) is 1.25. The minimum Gasteiger partial charge on any atom is -0.366 e. The third kappa shape index (κ3) is 2.17. The third-order valence-electron chi connectivity index (χ3n) is 1.91. The predicted octanol–water partition coefficient (Wildman–Crippen LogP) is 0.938. The van der Waals surface area contributed by atoms with Crippen LogP contribution in [-0.2, 0) is 6.54 Å². The van der Waals surface area contributed by atoms with E-state index in [4.69, 9.17) is 11.0 Å². The molecule has 0 radical (unpaired) electrons. The molecule has 2 aromatic rings. The van der Waals surface area contributed by atoms with Crippen LogP contribution >= 0.6 is 15.9 Å². The van der Waals surface area contributed by atoms with E-state index in [1.807, 2.05) is 12.1 Å². The highest BCUT2D eigenvalue weighted by Crippen LogP contribution is 2.11. The summed E-state index contributed by atoms with van der Waals surface area (Å²) < 4.78 is 2.16. The molecule has 16 heavy (non-hydrogen) atoms. The molecule has 0 aliphatic rings. The van der Waals surface area contributed by atoms with Gasteiger partial charge in [0.2, 0.25) is 5.95 Å². The Hall–Kier alpha value is -1.94. The van der Waals surface area contributed by atoms with Crippen LogP contribution in [0.2, 0.25) is 0 Å². The van der Waals surface area contributed by atoms with Crippen molar-refractivity contribution in [3.63, 3.8) is 0 Å². The summed E-state index contributed by atoms with van der Waals surface area (Å²) in [6, 6.07) is 5.49. The smallest absolute Gasteiger partial charge is 0.240 e. The number of pyridine rings is 1. The van der Waals surface area contributed by atoms with Crippen molar-refractivity contribution in [3.8, 4) is 6.07 Å². The number of nitrogens with zero attached hydrogens (tertiary/aromatic N) is 5. The Kier molecular flexibility index (Phi) is 2.83. The molecule has 7 heteroatoms. The number of nitriles is 1. The first kappa shape index (κ1) is 10.6. The van der Waals surface area contributed by atoms with Gasteiger partial charge in [0, 0.05) is 6.20 Å². The summed E-state index contributed by atoms with van der Waals surface area (Å²) in [6.45, 7) is 0.488.